The van der Waals surface area contributed by atoms with Crippen LogP contribution in [0.4, 0.5) is 22.0 Å². The standard InChI is InChI=1S/C18H15ClF5NO2S/c19-12-3-1-11(2-4-12)8-17(15-7-13(20)5-6-16(15)21)9-14(10-17)25-28(26,27)18(22,23)24/h1-7,14,25H,8-10H2. The van der Waals surface area contributed by atoms with Crippen LogP contribution in [0.25, 0.3) is 0 Å². The number of hydrogen-bond donors (Lipinski definition) is 1. The molecule has 2 aromatic rings. The van der Waals surface area contributed by atoms with Gasteiger partial charge >= 0.3 is 15.5 Å². The summed E-state index contributed by atoms with van der Waals surface area (Å²) in [6.45, 7) is 0. The maximum absolute atomic E-state index is 14.4. The SMILES string of the molecule is O=S(=O)(NC1CC(Cc2ccc(Cl)cc2)(c2cc(F)ccc2F)C1)C(F)(F)F. The second-order valence-electron chi connectivity index (χ2n) is 6.88. The molecule has 2 aromatic carbocycles. The molecule has 0 bridgehead atoms. The van der Waals surface area contributed by atoms with Crippen LogP contribution in [0.15, 0.2) is 42.5 Å². The molecule has 0 aliphatic heterocycles. The van der Waals surface area contributed by atoms with Crippen molar-refractivity contribution in [2.24, 2.45) is 0 Å². The Labute approximate surface area is 163 Å². The maximum atomic E-state index is 14.4. The number of hydrogen-bond acceptors (Lipinski definition) is 2. The molecule has 1 aliphatic carbocycles. The lowest BCUT2D eigenvalue weighted by Crippen LogP contribution is -2.56. The van der Waals surface area contributed by atoms with E-state index in [9.17, 15) is 30.4 Å². The van der Waals surface area contributed by atoms with Crippen LogP contribution in [0, 0.1) is 11.6 Å². The highest BCUT2D eigenvalue weighted by molar-refractivity contribution is 7.90. The minimum absolute atomic E-state index is 0.00454. The van der Waals surface area contributed by atoms with Crippen molar-refractivity contribution in [2.45, 2.75) is 36.2 Å². The van der Waals surface area contributed by atoms with Crippen molar-refractivity contribution >= 4 is 21.6 Å². The molecule has 0 amide bonds. The summed E-state index contributed by atoms with van der Waals surface area (Å²) in [6.07, 6.45) is -0.0224. The second kappa shape index (κ2) is 7.27. The van der Waals surface area contributed by atoms with E-state index in [-0.39, 0.29) is 24.8 Å². The van der Waals surface area contributed by atoms with Gasteiger partial charge in [-0.2, -0.15) is 13.2 Å². The first-order chi connectivity index (χ1) is 12.9. The average molecular weight is 440 g/mol. The van der Waals surface area contributed by atoms with Gasteiger partial charge in [-0.1, -0.05) is 23.7 Å². The molecule has 0 saturated heterocycles. The van der Waals surface area contributed by atoms with E-state index < -0.39 is 38.6 Å². The Bertz CT molecular complexity index is 970. The molecule has 3 rings (SSSR count). The summed E-state index contributed by atoms with van der Waals surface area (Å²) in [5.41, 5.74) is -5.76. The summed E-state index contributed by atoms with van der Waals surface area (Å²) in [4.78, 5) is 0. The van der Waals surface area contributed by atoms with Gasteiger partial charge in [-0.15, -0.1) is 0 Å². The van der Waals surface area contributed by atoms with Crippen LogP contribution >= 0.6 is 11.6 Å². The molecule has 28 heavy (non-hydrogen) atoms. The molecule has 0 atom stereocenters. The fourth-order valence-electron chi connectivity index (χ4n) is 3.61. The molecule has 0 heterocycles. The number of alkyl halides is 3. The largest absolute Gasteiger partial charge is 0.511 e. The molecule has 0 aromatic heterocycles. The smallest absolute Gasteiger partial charge is 0.207 e. The Morgan fingerprint density at radius 3 is 2.25 bits per heavy atom. The molecule has 10 heteroatoms. The lowest BCUT2D eigenvalue weighted by Gasteiger charge is -2.48. The third-order valence-corrected chi connectivity index (χ3v) is 6.36. The fourth-order valence-corrected chi connectivity index (χ4v) is 4.47. The lowest BCUT2D eigenvalue weighted by atomic mass is 9.59. The highest BCUT2D eigenvalue weighted by atomic mass is 35.5. The Morgan fingerprint density at radius 1 is 1.07 bits per heavy atom. The monoisotopic (exact) mass is 439 g/mol. The zero-order valence-electron chi connectivity index (χ0n) is 14.2. The number of nitrogens with one attached hydrogen (secondary N) is 1. The lowest BCUT2D eigenvalue weighted by molar-refractivity contribution is -0.0457. The molecule has 1 saturated carbocycles. The summed E-state index contributed by atoms with van der Waals surface area (Å²) in [5.74, 6) is -1.39. The number of sulfonamides is 1. The normalized spacial score (nSPS) is 22.7. The summed E-state index contributed by atoms with van der Waals surface area (Å²) in [5, 5.41) is 0.471. The predicted molar refractivity (Wildman–Crippen MR) is 94.3 cm³/mol. The van der Waals surface area contributed by atoms with Gasteiger partial charge in [-0.3, -0.25) is 0 Å². The summed E-state index contributed by atoms with van der Waals surface area (Å²) in [6, 6.07) is 8.41. The van der Waals surface area contributed by atoms with Gasteiger partial charge in [0.15, 0.2) is 0 Å². The fraction of sp³-hybridized carbons (Fsp3) is 0.333. The number of benzene rings is 2. The topological polar surface area (TPSA) is 46.2 Å². The first-order valence-electron chi connectivity index (χ1n) is 8.20. The first kappa shape index (κ1) is 21.0. The van der Waals surface area contributed by atoms with Crippen LogP contribution in [-0.4, -0.2) is 20.0 Å². The van der Waals surface area contributed by atoms with Crippen molar-refractivity contribution in [3.05, 3.63) is 70.2 Å². The Hall–Kier alpha value is -1.71. The van der Waals surface area contributed by atoms with Crippen molar-refractivity contribution in [1.82, 2.24) is 4.72 Å². The second-order valence-corrected chi connectivity index (χ2v) is 9.02. The van der Waals surface area contributed by atoms with Gasteiger partial charge in [0.2, 0.25) is 0 Å². The van der Waals surface area contributed by atoms with Crippen molar-refractivity contribution in [3.63, 3.8) is 0 Å². The van der Waals surface area contributed by atoms with Crippen molar-refractivity contribution in [2.75, 3.05) is 0 Å². The van der Waals surface area contributed by atoms with Gasteiger partial charge in [0.05, 0.1) is 0 Å². The third kappa shape index (κ3) is 4.16. The minimum Gasteiger partial charge on any atom is -0.207 e. The van der Waals surface area contributed by atoms with Crippen LogP contribution in [0.3, 0.4) is 0 Å². The zero-order valence-corrected chi connectivity index (χ0v) is 15.8. The Morgan fingerprint density at radius 2 is 1.68 bits per heavy atom. The van der Waals surface area contributed by atoms with E-state index in [1.54, 1.807) is 29.0 Å². The van der Waals surface area contributed by atoms with Crippen LogP contribution < -0.4 is 4.72 Å². The van der Waals surface area contributed by atoms with E-state index in [0.717, 1.165) is 18.2 Å². The van der Waals surface area contributed by atoms with E-state index in [0.29, 0.717) is 10.6 Å². The van der Waals surface area contributed by atoms with Gasteiger partial charge in [0.1, 0.15) is 11.6 Å². The Balaban J connectivity index is 1.90. The van der Waals surface area contributed by atoms with Crippen LogP contribution in [-0.2, 0) is 21.9 Å². The summed E-state index contributed by atoms with van der Waals surface area (Å²) >= 11 is 5.84. The highest BCUT2D eigenvalue weighted by Gasteiger charge is 2.53. The molecule has 1 fully saturated rings. The maximum Gasteiger partial charge on any atom is 0.511 e. The summed E-state index contributed by atoms with van der Waals surface area (Å²) < 4.78 is 90.2. The molecule has 3 nitrogen and oxygen atoms in total. The van der Waals surface area contributed by atoms with Gasteiger partial charge in [-0.25, -0.2) is 21.9 Å². The van der Waals surface area contributed by atoms with Gasteiger partial charge < -0.3 is 0 Å². The van der Waals surface area contributed by atoms with Crippen molar-refractivity contribution in [1.29, 1.82) is 0 Å². The molecule has 0 unspecified atom stereocenters. The number of rotatable bonds is 5. The zero-order chi connectivity index (χ0) is 20.7. The van der Waals surface area contributed by atoms with Crippen LogP contribution in [0.1, 0.15) is 24.0 Å². The highest BCUT2D eigenvalue weighted by Crippen LogP contribution is 2.48. The van der Waals surface area contributed by atoms with Gasteiger partial charge in [0, 0.05) is 16.5 Å². The van der Waals surface area contributed by atoms with Crippen LogP contribution in [0.5, 0.6) is 0 Å². The third-order valence-electron chi connectivity index (χ3n) is 4.86. The van der Waals surface area contributed by atoms with E-state index in [4.69, 9.17) is 11.6 Å². The molecule has 0 spiro atoms. The minimum atomic E-state index is -5.52. The van der Waals surface area contributed by atoms with Crippen molar-refractivity contribution < 1.29 is 30.4 Å². The molecule has 0 radical (unpaired) electrons. The van der Waals surface area contributed by atoms with E-state index >= 15 is 0 Å². The van der Waals surface area contributed by atoms with E-state index in [1.807, 2.05) is 0 Å². The van der Waals surface area contributed by atoms with Crippen molar-refractivity contribution in [3.8, 4) is 0 Å². The average Bonchev–Trinajstić information content (AvgIpc) is 2.55. The quantitative estimate of drug-likeness (QED) is 0.686. The molecule has 152 valence electrons. The summed E-state index contributed by atoms with van der Waals surface area (Å²) in [7, 11) is -5.52. The molecule has 1 N–H and O–H groups in total. The molecular weight excluding hydrogens is 425 g/mol. The van der Waals surface area contributed by atoms with Gasteiger partial charge in [0.25, 0.3) is 0 Å². The van der Waals surface area contributed by atoms with Crippen LogP contribution in [0.2, 0.25) is 5.02 Å². The van der Waals surface area contributed by atoms with E-state index in [1.165, 1.54) is 0 Å². The predicted octanol–water partition coefficient (Wildman–Crippen LogP) is 4.70. The van der Waals surface area contributed by atoms with E-state index in [2.05, 4.69) is 0 Å². The van der Waals surface area contributed by atoms with Gasteiger partial charge in [-0.05, 0) is 60.7 Å². The molecular formula is C18H15ClF5NO2S. The number of halogens is 6. The first-order valence-corrected chi connectivity index (χ1v) is 10.1. The molecule has 1 aliphatic rings. The Kier molecular flexibility index (Phi) is 5.46.